The number of rotatable bonds is 3. The van der Waals surface area contributed by atoms with Crippen LogP contribution in [0, 0.1) is 3.57 Å². The SMILES string of the molecule is CCc1nc(Cc2ccc(Cl)cc2Cl)nc(Cl)c1I. The molecule has 0 bridgehead atoms. The minimum Gasteiger partial charge on any atom is -0.236 e. The highest BCUT2D eigenvalue weighted by atomic mass is 127. The quantitative estimate of drug-likeness (QED) is 0.497. The number of hydrogen-bond donors (Lipinski definition) is 0. The summed E-state index contributed by atoms with van der Waals surface area (Å²) in [6.45, 7) is 2.04. The van der Waals surface area contributed by atoms with Crippen LogP contribution in [0.2, 0.25) is 15.2 Å². The minimum atomic E-state index is 0.493. The first-order valence-corrected chi connectivity index (χ1v) is 7.87. The maximum atomic E-state index is 6.15. The number of nitrogens with zero attached hydrogens (tertiary/aromatic N) is 2. The van der Waals surface area contributed by atoms with Gasteiger partial charge in [0.1, 0.15) is 11.0 Å². The van der Waals surface area contributed by atoms with Gasteiger partial charge in [-0.15, -0.1) is 0 Å². The fourth-order valence-electron chi connectivity index (χ4n) is 1.66. The summed E-state index contributed by atoms with van der Waals surface area (Å²) in [6.07, 6.45) is 1.36. The lowest BCUT2D eigenvalue weighted by Crippen LogP contribution is -2.04. The van der Waals surface area contributed by atoms with Crippen LogP contribution in [0.15, 0.2) is 18.2 Å². The molecular weight excluding hydrogens is 417 g/mol. The molecule has 19 heavy (non-hydrogen) atoms. The molecule has 0 N–H and O–H groups in total. The van der Waals surface area contributed by atoms with E-state index >= 15 is 0 Å². The molecule has 0 saturated carbocycles. The van der Waals surface area contributed by atoms with E-state index in [1.807, 2.05) is 13.0 Å². The van der Waals surface area contributed by atoms with Gasteiger partial charge in [-0.25, -0.2) is 9.97 Å². The summed E-state index contributed by atoms with van der Waals surface area (Å²) in [7, 11) is 0. The van der Waals surface area contributed by atoms with Gasteiger partial charge in [0.2, 0.25) is 0 Å². The molecule has 0 unspecified atom stereocenters. The van der Waals surface area contributed by atoms with Crippen LogP contribution in [0.1, 0.15) is 24.0 Å². The van der Waals surface area contributed by atoms with Gasteiger partial charge in [0.05, 0.1) is 9.26 Å². The van der Waals surface area contributed by atoms with Gasteiger partial charge >= 0.3 is 0 Å². The average molecular weight is 428 g/mol. The fourth-order valence-corrected chi connectivity index (χ4v) is 2.96. The number of benzene rings is 1. The molecule has 0 spiro atoms. The van der Waals surface area contributed by atoms with Crippen LogP contribution in [0.5, 0.6) is 0 Å². The lowest BCUT2D eigenvalue weighted by Gasteiger charge is -2.08. The van der Waals surface area contributed by atoms with Crippen LogP contribution in [0.4, 0.5) is 0 Å². The summed E-state index contributed by atoms with van der Waals surface area (Å²) in [5, 5.41) is 1.72. The molecule has 0 aliphatic rings. The summed E-state index contributed by atoms with van der Waals surface area (Å²) < 4.78 is 0.910. The van der Waals surface area contributed by atoms with Gasteiger partial charge in [0.25, 0.3) is 0 Å². The predicted molar refractivity (Wildman–Crippen MR) is 88.4 cm³/mol. The van der Waals surface area contributed by atoms with Crippen molar-refractivity contribution in [2.45, 2.75) is 19.8 Å². The minimum absolute atomic E-state index is 0.493. The maximum Gasteiger partial charge on any atom is 0.146 e. The van der Waals surface area contributed by atoms with Crippen LogP contribution in [-0.4, -0.2) is 9.97 Å². The summed E-state index contributed by atoms with van der Waals surface area (Å²) in [6, 6.07) is 5.40. The van der Waals surface area contributed by atoms with Crippen molar-refractivity contribution in [3.63, 3.8) is 0 Å². The van der Waals surface area contributed by atoms with Gasteiger partial charge in [0.15, 0.2) is 0 Å². The predicted octanol–water partition coefficient (Wildman–Crippen LogP) is 5.19. The second kappa shape index (κ2) is 6.57. The van der Waals surface area contributed by atoms with E-state index < -0.39 is 0 Å². The first-order valence-electron chi connectivity index (χ1n) is 5.66. The smallest absolute Gasteiger partial charge is 0.146 e. The van der Waals surface area contributed by atoms with E-state index in [0.717, 1.165) is 21.2 Å². The number of aryl methyl sites for hydroxylation is 1. The van der Waals surface area contributed by atoms with E-state index in [4.69, 9.17) is 34.8 Å². The van der Waals surface area contributed by atoms with Gasteiger partial charge in [-0.2, -0.15) is 0 Å². The van der Waals surface area contributed by atoms with E-state index in [9.17, 15) is 0 Å². The topological polar surface area (TPSA) is 25.8 Å². The molecule has 0 radical (unpaired) electrons. The molecular formula is C13H10Cl3IN2. The maximum absolute atomic E-state index is 6.15. The van der Waals surface area contributed by atoms with Gasteiger partial charge < -0.3 is 0 Å². The summed E-state index contributed by atoms with van der Waals surface area (Å²) in [4.78, 5) is 8.81. The van der Waals surface area contributed by atoms with Crippen molar-refractivity contribution in [2.75, 3.05) is 0 Å². The van der Waals surface area contributed by atoms with Gasteiger partial charge in [-0.1, -0.05) is 47.8 Å². The Morgan fingerprint density at radius 1 is 1.16 bits per heavy atom. The lowest BCUT2D eigenvalue weighted by molar-refractivity contribution is 0.895. The van der Waals surface area contributed by atoms with Crippen LogP contribution in [0.3, 0.4) is 0 Å². The Bertz CT molecular complexity index is 617. The summed E-state index contributed by atoms with van der Waals surface area (Å²) in [5.74, 6) is 0.673. The highest BCUT2D eigenvalue weighted by molar-refractivity contribution is 14.1. The van der Waals surface area contributed by atoms with Crippen LogP contribution < -0.4 is 0 Å². The third-order valence-electron chi connectivity index (χ3n) is 2.62. The molecule has 1 heterocycles. The molecule has 100 valence electrons. The molecule has 0 fully saturated rings. The van der Waals surface area contributed by atoms with Crippen molar-refractivity contribution >= 4 is 57.4 Å². The molecule has 0 atom stereocenters. The fraction of sp³-hybridized carbons (Fsp3) is 0.231. The van der Waals surface area contributed by atoms with E-state index in [0.29, 0.717) is 27.4 Å². The molecule has 0 amide bonds. The third-order valence-corrected chi connectivity index (χ3v) is 4.94. The Hall–Kier alpha value is -0.100. The van der Waals surface area contributed by atoms with Crippen molar-refractivity contribution in [3.05, 3.63) is 54.0 Å². The average Bonchev–Trinajstić information content (AvgIpc) is 2.37. The van der Waals surface area contributed by atoms with Gasteiger partial charge in [0, 0.05) is 16.5 Å². The zero-order valence-electron chi connectivity index (χ0n) is 10.1. The van der Waals surface area contributed by atoms with Crippen LogP contribution in [-0.2, 0) is 12.8 Å². The molecule has 6 heteroatoms. The van der Waals surface area contributed by atoms with Crippen molar-refractivity contribution < 1.29 is 0 Å². The Morgan fingerprint density at radius 2 is 1.89 bits per heavy atom. The zero-order valence-corrected chi connectivity index (χ0v) is 14.5. The lowest BCUT2D eigenvalue weighted by atomic mass is 10.1. The second-order valence-corrected chi connectivity index (χ2v) is 6.24. The molecule has 2 aromatic rings. The molecule has 2 nitrogen and oxygen atoms in total. The number of aromatic nitrogens is 2. The number of hydrogen-bond acceptors (Lipinski definition) is 2. The van der Waals surface area contributed by atoms with Crippen molar-refractivity contribution in [1.82, 2.24) is 9.97 Å². The largest absolute Gasteiger partial charge is 0.236 e. The molecule has 1 aromatic carbocycles. The van der Waals surface area contributed by atoms with Crippen molar-refractivity contribution in [1.29, 1.82) is 0 Å². The standard InChI is InChI=1S/C13H10Cl3IN2/c1-2-10-12(17)13(16)19-11(18-10)5-7-3-4-8(14)6-9(7)15/h3-4,6H,2,5H2,1H3. The molecule has 0 aliphatic carbocycles. The van der Waals surface area contributed by atoms with Crippen LogP contribution >= 0.6 is 57.4 Å². The van der Waals surface area contributed by atoms with Crippen molar-refractivity contribution in [2.24, 2.45) is 0 Å². The second-order valence-electron chi connectivity index (χ2n) is 3.96. The number of halogens is 4. The van der Waals surface area contributed by atoms with Crippen LogP contribution in [0.25, 0.3) is 0 Å². The van der Waals surface area contributed by atoms with Gasteiger partial charge in [-0.3, -0.25) is 0 Å². The summed E-state index contributed by atoms with van der Waals surface area (Å²) >= 11 is 20.3. The molecule has 0 saturated heterocycles. The van der Waals surface area contributed by atoms with Gasteiger partial charge in [-0.05, 0) is 46.7 Å². The first kappa shape index (κ1) is 15.3. The molecule has 2 rings (SSSR count). The van der Waals surface area contributed by atoms with Crippen molar-refractivity contribution in [3.8, 4) is 0 Å². The van der Waals surface area contributed by atoms with E-state index in [1.165, 1.54) is 0 Å². The van der Waals surface area contributed by atoms with E-state index in [1.54, 1.807) is 12.1 Å². The Balaban J connectivity index is 2.35. The van der Waals surface area contributed by atoms with E-state index in [2.05, 4.69) is 32.6 Å². The molecule has 1 aromatic heterocycles. The molecule has 0 aliphatic heterocycles. The highest BCUT2D eigenvalue weighted by Crippen LogP contribution is 2.24. The zero-order chi connectivity index (χ0) is 14.0. The third kappa shape index (κ3) is 3.72. The summed E-state index contributed by atoms with van der Waals surface area (Å²) in [5.41, 5.74) is 1.89. The Kier molecular flexibility index (Phi) is 5.29. The Labute approximate surface area is 140 Å². The normalized spacial score (nSPS) is 10.8. The first-order chi connectivity index (χ1) is 9.01. The Morgan fingerprint density at radius 3 is 2.53 bits per heavy atom. The van der Waals surface area contributed by atoms with E-state index in [-0.39, 0.29) is 0 Å². The highest BCUT2D eigenvalue weighted by Gasteiger charge is 2.11. The monoisotopic (exact) mass is 426 g/mol.